The lowest BCUT2D eigenvalue weighted by Gasteiger charge is -2.39. The highest BCUT2D eigenvalue weighted by molar-refractivity contribution is 5.86. The van der Waals surface area contributed by atoms with Crippen molar-refractivity contribution in [2.75, 3.05) is 0 Å². The number of phenolic OH excluding ortho intramolecular Hbond substituents is 1. The standard InChI is InChI=1S/C26H29F3N2O2/c1-23(2,3)18-10-11-22(32)20(12-18)24(4,5)15-25(33,26(27,28)29)16-31-14-17(13-30)19-8-6-7-9-21(19)31/h6-12,14,32-33H,15-16H2,1-5H3. The number of hydrogen-bond donors (Lipinski definition) is 2. The van der Waals surface area contributed by atoms with Crippen LogP contribution in [0.1, 0.15) is 57.7 Å². The molecule has 0 amide bonds. The van der Waals surface area contributed by atoms with Crippen LogP contribution in [0.15, 0.2) is 48.7 Å². The molecular weight excluding hydrogens is 429 g/mol. The minimum Gasteiger partial charge on any atom is -0.508 e. The number of phenols is 1. The van der Waals surface area contributed by atoms with Gasteiger partial charge in [-0.05, 0) is 40.5 Å². The van der Waals surface area contributed by atoms with Gasteiger partial charge < -0.3 is 14.8 Å². The summed E-state index contributed by atoms with van der Waals surface area (Å²) in [4.78, 5) is 0. The fourth-order valence-corrected chi connectivity index (χ4v) is 4.37. The van der Waals surface area contributed by atoms with Crippen molar-refractivity contribution in [3.63, 3.8) is 0 Å². The van der Waals surface area contributed by atoms with Gasteiger partial charge in [-0.3, -0.25) is 0 Å². The summed E-state index contributed by atoms with van der Waals surface area (Å²) in [5.74, 6) is -0.115. The molecule has 1 unspecified atom stereocenters. The molecule has 0 aliphatic carbocycles. The quantitative estimate of drug-likeness (QED) is 0.480. The Morgan fingerprint density at radius 1 is 1.00 bits per heavy atom. The Kier molecular flexibility index (Phi) is 6.06. The summed E-state index contributed by atoms with van der Waals surface area (Å²) in [6.45, 7) is 8.33. The number of nitrogens with zero attached hydrogens (tertiary/aromatic N) is 2. The van der Waals surface area contributed by atoms with E-state index in [-0.39, 0.29) is 16.7 Å². The first-order chi connectivity index (χ1) is 15.1. The molecule has 7 heteroatoms. The van der Waals surface area contributed by atoms with Gasteiger partial charge in [0.05, 0.1) is 12.1 Å². The van der Waals surface area contributed by atoms with Crippen LogP contribution in [-0.4, -0.2) is 26.6 Å². The summed E-state index contributed by atoms with van der Waals surface area (Å²) in [7, 11) is 0. The minimum atomic E-state index is -4.94. The summed E-state index contributed by atoms with van der Waals surface area (Å²) in [5, 5.41) is 31.5. The van der Waals surface area contributed by atoms with Crippen LogP contribution in [0.4, 0.5) is 13.2 Å². The number of benzene rings is 2. The second-order valence-electron chi connectivity index (χ2n) is 10.4. The maximum Gasteiger partial charge on any atom is 0.418 e. The van der Waals surface area contributed by atoms with Crippen molar-refractivity contribution < 1.29 is 23.4 Å². The Morgan fingerprint density at radius 2 is 1.64 bits per heavy atom. The number of aliphatic hydroxyl groups is 1. The predicted octanol–water partition coefficient (Wildman–Crippen LogP) is 6.18. The van der Waals surface area contributed by atoms with Crippen LogP contribution < -0.4 is 0 Å². The lowest BCUT2D eigenvalue weighted by molar-refractivity contribution is -0.271. The molecule has 0 saturated carbocycles. The highest BCUT2D eigenvalue weighted by atomic mass is 19.4. The fraction of sp³-hybridized carbons (Fsp3) is 0.423. The van der Waals surface area contributed by atoms with Gasteiger partial charge in [-0.2, -0.15) is 18.4 Å². The first-order valence-corrected chi connectivity index (χ1v) is 10.7. The third-order valence-corrected chi connectivity index (χ3v) is 6.19. The van der Waals surface area contributed by atoms with Gasteiger partial charge in [-0.15, -0.1) is 0 Å². The average molecular weight is 459 g/mol. The SMILES string of the molecule is CC(C)(C)c1ccc(O)c(C(C)(C)CC(O)(Cn2cc(C#N)c3ccccc32)C(F)(F)F)c1. The Labute approximate surface area is 191 Å². The zero-order valence-electron chi connectivity index (χ0n) is 19.5. The van der Waals surface area contributed by atoms with Crippen LogP contribution >= 0.6 is 0 Å². The molecule has 0 aliphatic rings. The lowest BCUT2D eigenvalue weighted by atomic mass is 9.73. The number of rotatable bonds is 5. The van der Waals surface area contributed by atoms with E-state index in [4.69, 9.17) is 0 Å². The van der Waals surface area contributed by atoms with Gasteiger partial charge in [-0.1, -0.05) is 65.0 Å². The number of para-hydroxylation sites is 1. The van der Waals surface area contributed by atoms with Crippen molar-refractivity contribution in [1.82, 2.24) is 4.57 Å². The van der Waals surface area contributed by atoms with E-state index in [2.05, 4.69) is 0 Å². The molecule has 3 rings (SSSR count). The van der Waals surface area contributed by atoms with Crippen LogP contribution in [-0.2, 0) is 17.4 Å². The number of nitriles is 1. The molecule has 3 aromatic rings. The Bertz CT molecular complexity index is 1210. The van der Waals surface area contributed by atoms with Crippen molar-refractivity contribution in [3.05, 3.63) is 65.4 Å². The molecular formula is C26H29F3N2O2. The van der Waals surface area contributed by atoms with Gasteiger partial charge >= 0.3 is 6.18 Å². The number of alkyl halides is 3. The molecule has 2 aromatic carbocycles. The highest BCUT2D eigenvalue weighted by Crippen LogP contribution is 2.45. The van der Waals surface area contributed by atoms with Crippen molar-refractivity contribution in [1.29, 1.82) is 5.26 Å². The Morgan fingerprint density at radius 3 is 2.21 bits per heavy atom. The third-order valence-electron chi connectivity index (χ3n) is 6.19. The van der Waals surface area contributed by atoms with E-state index in [1.165, 1.54) is 16.8 Å². The number of aromatic nitrogens is 1. The molecule has 0 aliphatic heterocycles. The molecule has 1 aromatic heterocycles. The van der Waals surface area contributed by atoms with E-state index >= 15 is 0 Å². The first kappa shape index (κ1) is 24.7. The predicted molar refractivity (Wildman–Crippen MR) is 122 cm³/mol. The zero-order chi connectivity index (χ0) is 24.8. The van der Waals surface area contributed by atoms with Crippen molar-refractivity contribution in [3.8, 4) is 11.8 Å². The van der Waals surface area contributed by atoms with Gasteiger partial charge in [0, 0.05) is 17.1 Å². The Hall–Kier alpha value is -2.98. The molecule has 1 heterocycles. The van der Waals surface area contributed by atoms with Crippen LogP contribution in [0.5, 0.6) is 5.75 Å². The van der Waals surface area contributed by atoms with Crippen molar-refractivity contribution in [2.24, 2.45) is 0 Å². The van der Waals surface area contributed by atoms with Gasteiger partial charge in [0.15, 0.2) is 5.60 Å². The first-order valence-electron chi connectivity index (χ1n) is 10.7. The molecule has 4 nitrogen and oxygen atoms in total. The van der Waals surface area contributed by atoms with Crippen molar-refractivity contribution >= 4 is 10.9 Å². The van der Waals surface area contributed by atoms with E-state index in [0.29, 0.717) is 16.5 Å². The third kappa shape index (κ3) is 4.72. The molecule has 2 N–H and O–H groups in total. The summed E-state index contributed by atoms with van der Waals surface area (Å²) in [6.07, 6.45) is -4.29. The second kappa shape index (κ2) is 8.11. The number of fused-ring (bicyclic) bond motifs is 1. The van der Waals surface area contributed by atoms with E-state index in [0.717, 1.165) is 5.56 Å². The van der Waals surface area contributed by atoms with Gasteiger partial charge in [0.25, 0.3) is 0 Å². The van der Waals surface area contributed by atoms with Crippen LogP contribution in [0.2, 0.25) is 0 Å². The highest BCUT2D eigenvalue weighted by Gasteiger charge is 2.56. The maximum absolute atomic E-state index is 14.3. The van der Waals surface area contributed by atoms with E-state index in [1.54, 1.807) is 50.2 Å². The smallest absolute Gasteiger partial charge is 0.418 e. The van der Waals surface area contributed by atoms with E-state index < -0.39 is 30.2 Å². The molecule has 33 heavy (non-hydrogen) atoms. The summed E-state index contributed by atoms with van der Waals surface area (Å²) in [5.41, 5.74) is -2.69. The minimum absolute atomic E-state index is 0.115. The second-order valence-corrected chi connectivity index (χ2v) is 10.4. The van der Waals surface area contributed by atoms with Gasteiger partial charge in [0.2, 0.25) is 0 Å². The number of aromatic hydroxyl groups is 1. The number of halogens is 3. The van der Waals surface area contributed by atoms with Gasteiger partial charge in [0.1, 0.15) is 11.8 Å². The molecule has 0 radical (unpaired) electrons. The summed E-state index contributed by atoms with van der Waals surface area (Å²) >= 11 is 0. The van der Waals surface area contributed by atoms with Gasteiger partial charge in [-0.25, -0.2) is 0 Å². The largest absolute Gasteiger partial charge is 0.508 e. The monoisotopic (exact) mass is 458 g/mol. The number of hydrogen-bond acceptors (Lipinski definition) is 3. The Balaban J connectivity index is 2.07. The molecule has 0 spiro atoms. The lowest BCUT2D eigenvalue weighted by Crippen LogP contribution is -2.52. The van der Waals surface area contributed by atoms with E-state index in [9.17, 15) is 28.6 Å². The molecule has 0 saturated heterocycles. The van der Waals surface area contributed by atoms with Crippen LogP contribution in [0, 0.1) is 11.3 Å². The van der Waals surface area contributed by atoms with E-state index in [1.807, 2.05) is 26.8 Å². The van der Waals surface area contributed by atoms with Crippen LogP contribution in [0.25, 0.3) is 10.9 Å². The molecule has 0 fully saturated rings. The average Bonchev–Trinajstić information content (AvgIpc) is 3.03. The molecule has 0 bridgehead atoms. The zero-order valence-corrected chi connectivity index (χ0v) is 19.5. The van der Waals surface area contributed by atoms with Crippen molar-refractivity contribution in [2.45, 2.75) is 70.2 Å². The molecule has 1 atom stereocenters. The fourth-order valence-electron chi connectivity index (χ4n) is 4.37. The summed E-state index contributed by atoms with van der Waals surface area (Å²) < 4.78 is 44.2. The summed E-state index contributed by atoms with van der Waals surface area (Å²) in [6, 6.07) is 13.6. The maximum atomic E-state index is 14.3. The normalized spacial score (nSPS) is 14.8. The topological polar surface area (TPSA) is 69.2 Å². The van der Waals surface area contributed by atoms with Crippen LogP contribution in [0.3, 0.4) is 0 Å². The molecule has 176 valence electrons.